The first-order chi connectivity index (χ1) is 22.4. The minimum Gasteiger partial charge on any atom is -0.462 e. The Labute approximate surface area is 287 Å². The monoisotopic (exact) mass is 675 g/mol. The van der Waals surface area contributed by atoms with Crippen LogP contribution in [0.15, 0.2) is 54.1 Å². The van der Waals surface area contributed by atoms with Crippen LogP contribution in [0.1, 0.15) is 80.7 Å². The molecule has 1 aliphatic heterocycles. The number of allylic oxidation sites excluding steroid dienone is 1. The molecule has 0 saturated carbocycles. The quantitative estimate of drug-likeness (QED) is 0.104. The van der Waals surface area contributed by atoms with Crippen LogP contribution in [0.2, 0.25) is 0 Å². The van der Waals surface area contributed by atoms with Crippen molar-refractivity contribution in [2.75, 3.05) is 6.61 Å². The Bertz CT molecular complexity index is 1200. The lowest BCUT2D eigenvalue weighted by molar-refractivity contribution is -0.197. The highest BCUT2D eigenvalue weighted by molar-refractivity contribution is 5.74. The third-order valence-corrected chi connectivity index (χ3v) is 10.3. The summed E-state index contributed by atoms with van der Waals surface area (Å²) in [4.78, 5) is 24.0. The van der Waals surface area contributed by atoms with Gasteiger partial charge in [0.25, 0.3) is 0 Å². The van der Waals surface area contributed by atoms with E-state index in [2.05, 4.69) is 0 Å². The molecule has 0 bridgehead atoms. The van der Waals surface area contributed by atoms with Crippen molar-refractivity contribution in [2.24, 2.45) is 47.2 Å². The molecule has 13 unspecified atom stereocenters. The molecule has 1 aromatic carbocycles. The van der Waals surface area contributed by atoms with Crippen LogP contribution in [-0.4, -0.2) is 75.2 Å². The number of amides is 1. The minimum absolute atomic E-state index is 0.146. The topological polar surface area (TPSA) is 169 Å². The number of aliphatic hydroxyl groups excluding tert-OH is 3. The largest absolute Gasteiger partial charge is 0.462 e. The Kier molecular flexibility index (Phi) is 16.3. The molecule has 0 spiro atoms. The van der Waals surface area contributed by atoms with Gasteiger partial charge in [-0.3, -0.25) is 4.79 Å². The average molecular weight is 676 g/mol. The second-order valence-corrected chi connectivity index (χ2v) is 14.5. The van der Waals surface area contributed by atoms with Gasteiger partial charge in [-0.25, -0.2) is 4.79 Å². The molecule has 1 amide bonds. The zero-order chi connectivity index (χ0) is 36.3. The van der Waals surface area contributed by atoms with E-state index in [4.69, 9.17) is 19.9 Å². The number of carbonyl (C=O) groups is 2. The summed E-state index contributed by atoms with van der Waals surface area (Å²) in [6.45, 7) is 17.2. The molecular weight excluding hydrogens is 614 g/mol. The van der Waals surface area contributed by atoms with E-state index in [9.17, 15) is 30.0 Å². The fourth-order valence-corrected chi connectivity index (χ4v) is 6.69. The van der Waals surface area contributed by atoms with Gasteiger partial charge in [-0.1, -0.05) is 95.7 Å². The Balaban J connectivity index is 1.93. The number of cyclic esters (lactones) is 1. The molecular formula is C38H61NO9. The number of esters is 1. The van der Waals surface area contributed by atoms with Gasteiger partial charge >= 0.3 is 12.1 Å². The number of benzene rings is 1. The molecule has 48 heavy (non-hydrogen) atoms. The van der Waals surface area contributed by atoms with Crippen LogP contribution < -0.4 is 5.73 Å². The number of ether oxygens (including phenoxy) is 3. The predicted octanol–water partition coefficient (Wildman–Crippen LogP) is 5.16. The molecule has 6 N–H and O–H groups in total. The fourth-order valence-electron chi connectivity index (χ4n) is 6.69. The highest BCUT2D eigenvalue weighted by Crippen LogP contribution is 2.37. The molecule has 0 radical (unpaired) electrons. The summed E-state index contributed by atoms with van der Waals surface area (Å²) in [5.74, 6) is -2.77. The van der Waals surface area contributed by atoms with Crippen molar-refractivity contribution in [1.82, 2.24) is 0 Å². The number of aliphatic hydroxyl groups is 4. The lowest BCUT2D eigenvalue weighted by Crippen LogP contribution is -2.55. The smallest absolute Gasteiger partial charge is 0.404 e. The van der Waals surface area contributed by atoms with E-state index in [0.717, 1.165) is 11.1 Å². The molecule has 10 nitrogen and oxygen atoms in total. The van der Waals surface area contributed by atoms with E-state index in [0.29, 0.717) is 19.6 Å². The van der Waals surface area contributed by atoms with Crippen molar-refractivity contribution in [3.8, 4) is 0 Å². The first-order valence-electron chi connectivity index (χ1n) is 17.3. The van der Waals surface area contributed by atoms with E-state index < -0.39 is 60.0 Å². The summed E-state index contributed by atoms with van der Waals surface area (Å²) in [5, 5.41) is 43.7. The predicted molar refractivity (Wildman–Crippen MR) is 185 cm³/mol. The zero-order valence-corrected chi connectivity index (χ0v) is 30.3. The molecule has 1 aromatic rings. The summed E-state index contributed by atoms with van der Waals surface area (Å²) >= 11 is 0. The molecule has 1 aliphatic rings. The highest BCUT2D eigenvalue weighted by atomic mass is 16.6. The number of primary amides is 1. The van der Waals surface area contributed by atoms with E-state index in [1.807, 2.05) is 84.9 Å². The van der Waals surface area contributed by atoms with Gasteiger partial charge in [-0.05, 0) is 38.7 Å². The Morgan fingerprint density at radius 1 is 1.00 bits per heavy atom. The maximum Gasteiger partial charge on any atom is 0.404 e. The second-order valence-electron chi connectivity index (χ2n) is 14.5. The van der Waals surface area contributed by atoms with Gasteiger partial charge in [0.2, 0.25) is 0 Å². The number of hydrogen-bond donors (Lipinski definition) is 5. The second kappa shape index (κ2) is 18.9. The van der Waals surface area contributed by atoms with Crippen molar-refractivity contribution >= 4 is 12.1 Å². The molecule has 10 heteroatoms. The van der Waals surface area contributed by atoms with Crippen LogP contribution >= 0.6 is 0 Å². The summed E-state index contributed by atoms with van der Waals surface area (Å²) in [6.07, 6.45) is 1.44. The maximum atomic E-state index is 12.2. The highest BCUT2D eigenvalue weighted by Gasteiger charge is 2.49. The van der Waals surface area contributed by atoms with E-state index in [1.54, 1.807) is 26.0 Å². The van der Waals surface area contributed by atoms with Gasteiger partial charge in [0.05, 0.1) is 43.0 Å². The standard InChI is InChI=1S/C38H61NO9/c1-22(17-24(3)33(41)23(2)15-16-31(40)19-32-28(7)38(9,45)29(8)36(43)47-32)18-25(4)34(42)27(6)35(48-37(39)44)26(5)20-46-21-30-13-11-10-12-14-30/h10-17,23-29,31-35,40-42,45H,18-21H2,1-9H3,(H2,39,44). The molecule has 2 rings (SSSR count). The summed E-state index contributed by atoms with van der Waals surface area (Å²) in [7, 11) is 0. The lowest BCUT2D eigenvalue weighted by Gasteiger charge is -2.44. The van der Waals surface area contributed by atoms with Gasteiger partial charge in [-0.2, -0.15) is 0 Å². The van der Waals surface area contributed by atoms with Crippen molar-refractivity contribution in [1.29, 1.82) is 0 Å². The number of rotatable bonds is 18. The molecule has 13 atom stereocenters. The Morgan fingerprint density at radius 2 is 1.62 bits per heavy atom. The Morgan fingerprint density at radius 3 is 2.23 bits per heavy atom. The van der Waals surface area contributed by atoms with Crippen LogP contribution in [0.5, 0.6) is 0 Å². The van der Waals surface area contributed by atoms with Gasteiger partial charge in [-0.15, -0.1) is 0 Å². The Hall–Kier alpha value is -2.76. The summed E-state index contributed by atoms with van der Waals surface area (Å²) in [5.41, 5.74) is 6.20. The zero-order valence-electron chi connectivity index (χ0n) is 30.3. The fraction of sp³-hybridized carbons (Fsp3) is 0.684. The van der Waals surface area contributed by atoms with Crippen LogP contribution in [0.3, 0.4) is 0 Å². The molecule has 1 heterocycles. The van der Waals surface area contributed by atoms with Gasteiger partial charge in [0.1, 0.15) is 12.2 Å². The van der Waals surface area contributed by atoms with Crippen molar-refractivity contribution in [3.05, 3.63) is 59.7 Å². The van der Waals surface area contributed by atoms with Gasteiger partial charge in [0, 0.05) is 36.0 Å². The molecule has 1 fully saturated rings. The SMILES string of the molecule is CC(=CC(C)C(O)C(C)C=CC(O)CC1OC(=O)C(C)C(C)(O)C1C)CC(C)C(O)C(C)C(OC(N)=O)C(C)COCc1ccccc1. The lowest BCUT2D eigenvalue weighted by atomic mass is 9.74. The number of hydrogen-bond acceptors (Lipinski definition) is 9. The maximum absolute atomic E-state index is 12.2. The number of nitrogens with two attached hydrogens (primary N) is 1. The van der Waals surface area contributed by atoms with Gasteiger partial charge in [0.15, 0.2) is 0 Å². The minimum atomic E-state index is -1.23. The third-order valence-electron chi connectivity index (χ3n) is 10.3. The van der Waals surface area contributed by atoms with Gasteiger partial charge < -0.3 is 40.4 Å². The number of carbonyl (C=O) groups excluding carboxylic acids is 2. The van der Waals surface area contributed by atoms with Crippen LogP contribution in [0.25, 0.3) is 0 Å². The summed E-state index contributed by atoms with van der Waals surface area (Å²) < 4.78 is 16.8. The van der Waals surface area contributed by atoms with Crippen LogP contribution in [-0.2, 0) is 25.6 Å². The first kappa shape index (κ1) is 41.4. The normalized spacial score (nSPS) is 27.6. The van der Waals surface area contributed by atoms with E-state index >= 15 is 0 Å². The summed E-state index contributed by atoms with van der Waals surface area (Å²) in [6, 6.07) is 9.77. The average Bonchev–Trinajstić information content (AvgIpc) is 3.03. The van der Waals surface area contributed by atoms with Crippen LogP contribution in [0, 0.1) is 41.4 Å². The van der Waals surface area contributed by atoms with Crippen LogP contribution in [0.4, 0.5) is 4.79 Å². The molecule has 0 aliphatic carbocycles. The van der Waals surface area contributed by atoms with Crippen molar-refractivity contribution in [2.45, 2.75) is 118 Å². The van der Waals surface area contributed by atoms with Crippen molar-refractivity contribution < 1.29 is 44.2 Å². The molecule has 0 aromatic heterocycles. The first-order valence-corrected chi connectivity index (χ1v) is 17.3. The third kappa shape index (κ3) is 12.0. The molecule has 1 saturated heterocycles. The van der Waals surface area contributed by atoms with E-state index in [1.165, 1.54) is 0 Å². The van der Waals surface area contributed by atoms with E-state index in [-0.39, 0.29) is 36.0 Å². The van der Waals surface area contributed by atoms with Crippen molar-refractivity contribution in [3.63, 3.8) is 0 Å². The molecule has 272 valence electrons.